The molecule has 0 fully saturated rings. The highest BCUT2D eigenvalue weighted by Crippen LogP contribution is 2.38. The van der Waals surface area contributed by atoms with Crippen molar-refractivity contribution in [1.29, 1.82) is 0 Å². The topological polar surface area (TPSA) is 53.7 Å². The molecule has 2 rings (SSSR count). The van der Waals surface area contributed by atoms with Gasteiger partial charge in [-0.05, 0) is 6.07 Å². The van der Waals surface area contributed by atoms with E-state index in [4.69, 9.17) is 19.9 Å². The summed E-state index contributed by atoms with van der Waals surface area (Å²) in [6, 6.07) is 3.76. The number of fused-ring (bicyclic) bond motifs is 1. The van der Waals surface area contributed by atoms with E-state index in [0.29, 0.717) is 19.8 Å². The maximum absolute atomic E-state index is 5.93. The first-order valence-corrected chi connectivity index (χ1v) is 6.10. The molecule has 1 aromatic rings. The average Bonchev–Trinajstić information content (AvgIpc) is 2.30. The Bertz CT molecular complexity index is 370. The second-order valence-electron chi connectivity index (χ2n) is 3.37. The molecule has 0 amide bonds. The molecule has 0 saturated heterocycles. The summed E-state index contributed by atoms with van der Waals surface area (Å²) in [7, 11) is 1.69. The molecule has 0 unspecified atom stereocenters. The molecule has 0 aliphatic carbocycles. The van der Waals surface area contributed by atoms with E-state index in [9.17, 15) is 0 Å². The molecule has 88 valence electrons. The number of methoxy groups -OCH3 is 1. The van der Waals surface area contributed by atoms with Gasteiger partial charge in [-0.1, -0.05) is 0 Å². The summed E-state index contributed by atoms with van der Waals surface area (Å²) in [5.41, 5.74) is 6.66. The van der Waals surface area contributed by atoms with Gasteiger partial charge < -0.3 is 19.9 Å². The van der Waals surface area contributed by atoms with Gasteiger partial charge in [-0.2, -0.15) is 0 Å². The lowest BCUT2D eigenvalue weighted by molar-refractivity contribution is 0.171. The van der Waals surface area contributed by atoms with Crippen molar-refractivity contribution in [1.82, 2.24) is 0 Å². The summed E-state index contributed by atoms with van der Waals surface area (Å²) >= 11 is 1.66. The molecule has 0 aromatic heterocycles. The van der Waals surface area contributed by atoms with Crippen LogP contribution in [0.4, 0.5) is 5.69 Å². The van der Waals surface area contributed by atoms with E-state index in [0.717, 1.165) is 27.8 Å². The molecular formula is C11H15NO3S. The molecule has 2 N–H and O–H groups in total. The fraction of sp³-hybridized carbons (Fsp3) is 0.455. The molecule has 4 nitrogen and oxygen atoms in total. The summed E-state index contributed by atoms with van der Waals surface area (Å²) in [5, 5.41) is 0. The first kappa shape index (κ1) is 11.4. The van der Waals surface area contributed by atoms with Gasteiger partial charge in [0.25, 0.3) is 0 Å². The third-order valence-electron chi connectivity index (χ3n) is 2.22. The van der Waals surface area contributed by atoms with Crippen molar-refractivity contribution in [2.24, 2.45) is 0 Å². The minimum absolute atomic E-state index is 0.586. The van der Waals surface area contributed by atoms with E-state index in [1.54, 1.807) is 18.9 Å². The summed E-state index contributed by atoms with van der Waals surface area (Å²) in [6.07, 6.45) is 0. The smallest absolute Gasteiger partial charge is 0.163 e. The molecule has 1 heterocycles. The fourth-order valence-corrected chi connectivity index (χ4v) is 2.33. The Morgan fingerprint density at radius 3 is 2.69 bits per heavy atom. The number of hydrogen-bond acceptors (Lipinski definition) is 5. The molecule has 1 aliphatic rings. The minimum Gasteiger partial charge on any atom is -0.486 e. The van der Waals surface area contributed by atoms with Crippen molar-refractivity contribution in [2.45, 2.75) is 4.90 Å². The van der Waals surface area contributed by atoms with Crippen molar-refractivity contribution < 1.29 is 14.2 Å². The highest BCUT2D eigenvalue weighted by Gasteiger charge is 2.14. The molecule has 1 aliphatic heterocycles. The summed E-state index contributed by atoms with van der Waals surface area (Å²) < 4.78 is 15.9. The molecule has 0 bridgehead atoms. The SMILES string of the molecule is COCCSc1cc2c(cc1N)OCCO2. The van der Waals surface area contributed by atoms with Gasteiger partial charge in [0.05, 0.1) is 6.61 Å². The van der Waals surface area contributed by atoms with Crippen molar-refractivity contribution in [3.05, 3.63) is 12.1 Å². The van der Waals surface area contributed by atoms with E-state index in [2.05, 4.69) is 0 Å². The van der Waals surface area contributed by atoms with E-state index >= 15 is 0 Å². The van der Waals surface area contributed by atoms with E-state index in [1.165, 1.54) is 0 Å². The number of ether oxygens (including phenoxy) is 3. The normalized spacial score (nSPS) is 13.8. The monoisotopic (exact) mass is 241 g/mol. The third kappa shape index (κ3) is 2.54. The van der Waals surface area contributed by atoms with Crippen LogP contribution in [0.25, 0.3) is 0 Å². The Morgan fingerprint density at radius 1 is 1.31 bits per heavy atom. The molecule has 0 atom stereocenters. The Hall–Kier alpha value is -1.07. The lowest BCUT2D eigenvalue weighted by Gasteiger charge is -2.19. The number of benzene rings is 1. The predicted octanol–water partition coefficient (Wildman–Crippen LogP) is 1.78. The van der Waals surface area contributed by atoms with Crippen LogP contribution in [0, 0.1) is 0 Å². The second kappa shape index (κ2) is 5.32. The molecule has 5 heteroatoms. The number of nitrogens with two attached hydrogens (primary N) is 1. The molecular weight excluding hydrogens is 226 g/mol. The van der Waals surface area contributed by atoms with Crippen LogP contribution in [0.3, 0.4) is 0 Å². The standard InChI is InChI=1S/C11H15NO3S/c1-13-4-5-16-11-7-10-9(6-8(11)12)14-2-3-15-10/h6-7H,2-5,12H2,1H3. The van der Waals surface area contributed by atoms with Crippen LogP contribution in [0.1, 0.15) is 0 Å². The van der Waals surface area contributed by atoms with Gasteiger partial charge in [-0.25, -0.2) is 0 Å². The van der Waals surface area contributed by atoms with Crippen molar-refractivity contribution in [2.75, 3.05) is 38.4 Å². The van der Waals surface area contributed by atoms with Crippen LogP contribution < -0.4 is 15.2 Å². The summed E-state index contributed by atoms with van der Waals surface area (Å²) in [5.74, 6) is 2.39. The zero-order valence-corrected chi connectivity index (χ0v) is 10.0. The average molecular weight is 241 g/mol. The molecule has 0 spiro atoms. The maximum atomic E-state index is 5.93. The lowest BCUT2D eigenvalue weighted by Crippen LogP contribution is -2.15. The van der Waals surface area contributed by atoms with Gasteiger partial charge >= 0.3 is 0 Å². The van der Waals surface area contributed by atoms with Gasteiger partial charge in [-0.15, -0.1) is 11.8 Å². The van der Waals surface area contributed by atoms with Crippen LogP contribution in [0.5, 0.6) is 11.5 Å². The molecule has 16 heavy (non-hydrogen) atoms. The van der Waals surface area contributed by atoms with Gasteiger partial charge in [0.2, 0.25) is 0 Å². The van der Waals surface area contributed by atoms with Crippen LogP contribution in [0.2, 0.25) is 0 Å². The van der Waals surface area contributed by atoms with Crippen LogP contribution >= 0.6 is 11.8 Å². The van der Waals surface area contributed by atoms with E-state index in [1.807, 2.05) is 12.1 Å². The molecule has 0 radical (unpaired) electrons. The van der Waals surface area contributed by atoms with Gasteiger partial charge in [0.15, 0.2) is 11.5 Å². The number of thioether (sulfide) groups is 1. The van der Waals surface area contributed by atoms with E-state index in [-0.39, 0.29) is 0 Å². The second-order valence-corrected chi connectivity index (χ2v) is 4.51. The van der Waals surface area contributed by atoms with Crippen molar-refractivity contribution >= 4 is 17.4 Å². The Labute approximate surface area is 99.1 Å². The highest BCUT2D eigenvalue weighted by molar-refractivity contribution is 7.99. The molecule has 1 aromatic carbocycles. The summed E-state index contributed by atoms with van der Waals surface area (Å²) in [4.78, 5) is 1.02. The quantitative estimate of drug-likeness (QED) is 0.494. The lowest BCUT2D eigenvalue weighted by atomic mass is 10.2. The fourth-order valence-electron chi connectivity index (χ4n) is 1.45. The Balaban J connectivity index is 2.12. The summed E-state index contributed by atoms with van der Waals surface area (Å²) in [6.45, 7) is 1.89. The zero-order valence-electron chi connectivity index (χ0n) is 9.19. The number of anilines is 1. The van der Waals surface area contributed by atoms with Crippen LogP contribution in [0.15, 0.2) is 17.0 Å². The minimum atomic E-state index is 0.586. The van der Waals surface area contributed by atoms with Crippen molar-refractivity contribution in [3.8, 4) is 11.5 Å². The van der Waals surface area contributed by atoms with Gasteiger partial charge in [-0.3, -0.25) is 0 Å². The third-order valence-corrected chi connectivity index (χ3v) is 3.25. The first-order chi connectivity index (χ1) is 7.81. The van der Waals surface area contributed by atoms with Crippen molar-refractivity contribution in [3.63, 3.8) is 0 Å². The number of rotatable bonds is 4. The largest absolute Gasteiger partial charge is 0.486 e. The molecule has 0 saturated carbocycles. The van der Waals surface area contributed by atoms with Gasteiger partial charge in [0, 0.05) is 29.5 Å². The Kier molecular flexibility index (Phi) is 3.79. The Morgan fingerprint density at radius 2 is 2.00 bits per heavy atom. The number of nitrogen functional groups attached to an aromatic ring is 1. The first-order valence-electron chi connectivity index (χ1n) is 5.12. The zero-order chi connectivity index (χ0) is 11.4. The predicted molar refractivity (Wildman–Crippen MR) is 64.4 cm³/mol. The van der Waals surface area contributed by atoms with Gasteiger partial charge in [0.1, 0.15) is 13.2 Å². The highest BCUT2D eigenvalue weighted by atomic mass is 32.2. The van der Waals surface area contributed by atoms with E-state index < -0.39 is 0 Å². The van der Waals surface area contributed by atoms with Crippen LogP contribution in [-0.4, -0.2) is 32.7 Å². The van der Waals surface area contributed by atoms with Crippen LogP contribution in [-0.2, 0) is 4.74 Å². The maximum Gasteiger partial charge on any atom is 0.163 e. The number of hydrogen-bond donors (Lipinski definition) is 1.